The van der Waals surface area contributed by atoms with Crippen LogP contribution in [0.1, 0.15) is 46.5 Å². The molecule has 0 bridgehead atoms. The van der Waals surface area contributed by atoms with Crippen molar-refractivity contribution in [2.24, 2.45) is 5.92 Å². The van der Waals surface area contributed by atoms with Crippen molar-refractivity contribution in [3.63, 3.8) is 0 Å². The molecule has 1 rings (SSSR count). The van der Waals surface area contributed by atoms with Crippen molar-refractivity contribution in [3.05, 3.63) is 0 Å². The number of carbonyl (C=O) groups is 1. The summed E-state index contributed by atoms with van der Waals surface area (Å²) in [6.07, 6.45) is 4.52. The average molecular weight is 269 g/mol. The van der Waals surface area contributed by atoms with Crippen molar-refractivity contribution < 1.29 is 4.79 Å². The fraction of sp³-hybridized carbons (Fsp3) is 0.933. The Kier molecular flexibility index (Phi) is 6.80. The number of hydrogen-bond donors (Lipinski definition) is 1. The van der Waals surface area contributed by atoms with Gasteiger partial charge in [0.15, 0.2) is 0 Å². The first-order valence-electron chi connectivity index (χ1n) is 7.67. The van der Waals surface area contributed by atoms with E-state index in [9.17, 15) is 4.79 Å². The molecule has 0 aliphatic carbocycles. The molecule has 0 saturated carbocycles. The van der Waals surface area contributed by atoms with Crippen LogP contribution in [0.2, 0.25) is 0 Å². The number of nitrogens with zero attached hydrogens (tertiary/aromatic N) is 2. The third kappa shape index (κ3) is 5.11. The SMILES string of the molecule is CCCCC1NC(CC(C)C)N(CCN(C)C)C1=O. The summed E-state index contributed by atoms with van der Waals surface area (Å²) in [5.41, 5.74) is 0. The predicted molar refractivity (Wildman–Crippen MR) is 80.0 cm³/mol. The first-order valence-corrected chi connectivity index (χ1v) is 7.67. The fourth-order valence-corrected chi connectivity index (χ4v) is 2.58. The molecule has 1 saturated heterocycles. The van der Waals surface area contributed by atoms with Crippen molar-refractivity contribution >= 4 is 5.91 Å². The van der Waals surface area contributed by atoms with Gasteiger partial charge in [-0.05, 0) is 32.9 Å². The highest BCUT2D eigenvalue weighted by atomic mass is 16.2. The number of amides is 1. The van der Waals surface area contributed by atoms with Crippen molar-refractivity contribution in [2.75, 3.05) is 27.2 Å². The average Bonchev–Trinajstić information content (AvgIpc) is 2.60. The van der Waals surface area contributed by atoms with Gasteiger partial charge in [0.2, 0.25) is 5.91 Å². The fourth-order valence-electron chi connectivity index (χ4n) is 2.58. The highest BCUT2D eigenvalue weighted by molar-refractivity contribution is 5.84. The Morgan fingerprint density at radius 3 is 2.58 bits per heavy atom. The second-order valence-corrected chi connectivity index (χ2v) is 6.34. The molecular weight excluding hydrogens is 238 g/mol. The van der Waals surface area contributed by atoms with Gasteiger partial charge in [0.05, 0.1) is 12.2 Å². The molecule has 1 aliphatic heterocycles. The number of unbranched alkanes of at least 4 members (excludes halogenated alkanes) is 1. The lowest BCUT2D eigenvalue weighted by Gasteiger charge is -2.26. The number of likely N-dealkylation sites (N-methyl/N-ethyl adjacent to an activating group) is 1. The van der Waals surface area contributed by atoms with Crippen LogP contribution in [0.5, 0.6) is 0 Å². The van der Waals surface area contributed by atoms with E-state index in [4.69, 9.17) is 0 Å². The second kappa shape index (κ2) is 7.85. The molecule has 1 amide bonds. The Hall–Kier alpha value is -0.610. The minimum atomic E-state index is 0.0471. The molecule has 112 valence electrons. The number of carbonyl (C=O) groups excluding carboxylic acids is 1. The first kappa shape index (κ1) is 16.4. The summed E-state index contributed by atoms with van der Waals surface area (Å²) < 4.78 is 0. The van der Waals surface area contributed by atoms with Crippen LogP contribution in [-0.4, -0.2) is 55.1 Å². The van der Waals surface area contributed by atoms with E-state index < -0.39 is 0 Å². The lowest BCUT2D eigenvalue weighted by molar-refractivity contribution is -0.130. The molecule has 1 N–H and O–H groups in total. The van der Waals surface area contributed by atoms with Crippen LogP contribution in [0.25, 0.3) is 0 Å². The quantitative estimate of drug-likeness (QED) is 0.731. The lowest BCUT2D eigenvalue weighted by Crippen LogP contribution is -2.41. The lowest BCUT2D eigenvalue weighted by atomic mass is 10.1. The highest BCUT2D eigenvalue weighted by Gasteiger charge is 2.37. The molecule has 4 nitrogen and oxygen atoms in total. The Labute approximate surface area is 118 Å². The molecule has 0 spiro atoms. The topological polar surface area (TPSA) is 35.6 Å². The molecule has 1 heterocycles. The van der Waals surface area contributed by atoms with Crippen molar-refractivity contribution in [3.8, 4) is 0 Å². The molecule has 2 atom stereocenters. The summed E-state index contributed by atoms with van der Waals surface area (Å²) in [5, 5.41) is 3.54. The third-order valence-corrected chi connectivity index (χ3v) is 3.68. The molecule has 0 radical (unpaired) electrons. The van der Waals surface area contributed by atoms with E-state index in [-0.39, 0.29) is 12.2 Å². The highest BCUT2D eigenvalue weighted by Crippen LogP contribution is 2.20. The first-order chi connectivity index (χ1) is 8.95. The number of nitrogens with one attached hydrogen (secondary N) is 1. The molecule has 0 aromatic rings. The van der Waals surface area contributed by atoms with E-state index in [0.29, 0.717) is 11.8 Å². The molecule has 1 aliphatic rings. The van der Waals surface area contributed by atoms with Crippen LogP contribution < -0.4 is 5.32 Å². The van der Waals surface area contributed by atoms with Gasteiger partial charge in [-0.2, -0.15) is 0 Å². The van der Waals surface area contributed by atoms with E-state index in [2.05, 4.69) is 50.0 Å². The molecule has 0 aromatic carbocycles. The molecular formula is C15H31N3O. The van der Waals surface area contributed by atoms with Crippen LogP contribution in [0.15, 0.2) is 0 Å². The van der Waals surface area contributed by atoms with Crippen LogP contribution in [0.4, 0.5) is 0 Å². The Morgan fingerprint density at radius 2 is 2.05 bits per heavy atom. The van der Waals surface area contributed by atoms with E-state index in [1.54, 1.807) is 0 Å². The monoisotopic (exact) mass is 269 g/mol. The Balaban J connectivity index is 2.62. The smallest absolute Gasteiger partial charge is 0.241 e. The Bertz CT molecular complexity index is 279. The minimum Gasteiger partial charge on any atom is -0.325 e. The van der Waals surface area contributed by atoms with Gasteiger partial charge in [0.25, 0.3) is 0 Å². The number of hydrogen-bond acceptors (Lipinski definition) is 3. The summed E-state index contributed by atoms with van der Waals surface area (Å²) in [5.74, 6) is 0.915. The zero-order valence-corrected chi connectivity index (χ0v) is 13.3. The van der Waals surface area contributed by atoms with Crippen LogP contribution in [0, 0.1) is 5.92 Å². The summed E-state index contributed by atoms with van der Waals surface area (Å²) in [7, 11) is 4.11. The van der Waals surface area contributed by atoms with E-state index in [1.165, 1.54) is 0 Å². The van der Waals surface area contributed by atoms with Crippen LogP contribution >= 0.6 is 0 Å². The normalized spacial score (nSPS) is 23.9. The van der Waals surface area contributed by atoms with Crippen LogP contribution in [-0.2, 0) is 4.79 Å². The maximum Gasteiger partial charge on any atom is 0.241 e. The van der Waals surface area contributed by atoms with Gasteiger partial charge in [-0.15, -0.1) is 0 Å². The molecule has 2 unspecified atom stereocenters. The zero-order valence-electron chi connectivity index (χ0n) is 13.3. The molecule has 0 aromatic heterocycles. The Morgan fingerprint density at radius 1 is 1.37 bits per heavy atom. The summed E-state index contributed by atoms with van der Waals surface area (Å²) in [6, 6.07) is 0.0471. The van der Waals surface area contributed by atoms with Gasteiger partial charge in [-0.25, -0.2) is 0 Å². The predicted octanol–water partition coefficient (Wildman–Crippen LogP) is 1.91. The van der Waals surface area contributed by atoms with Gasteiger partial charge in [0, 0.05) is 13.1 Å². The maximum atomic E-state index is 12.5. The van der Waals surface area contributed by atoms with E-state index in [1.807, 2.05) is 0 Å². The standard InChI is InChI=1S/C15H31N3O/c1-6-7-8-13-15(19)18(10-9-17(4)5)14(16-13)11-12(2)3/h12-14,16H,6-11H2,1-5H3. The van der Waals surface area contributed by atoms with Gasteiger partial charge in [0.1, 0.15) is 0 Å². The van der Waals surface area contributed by atoms with Crippen molar-refractivity contribution in [1.82, 2.24) is 15.1 Å². The van der Waals surface area contributed by atoms with Crippen LogP contribution in [0.3, 0.4) is 0 Å². The van der Waals surface area contributed by atoms with Gasteiger partial charge in [-0.1, -0.05) is 33.6 Å². The second-order valence-electron chi connectivity index (χ2n) is 6.34. The molecule has 19 heavy (non-hydrogen) atoms. The summed E-state index contributed by atoms with van der Waals surface area (Å²) in [6.45, 7) is 8.38. The maximum absolute atomic E-state index is 12.5. The van der Waals surface area contributed by atoms with Gasteiger partial charge < -0.3 is 9.80 Å². The van der Waals surface area contributed by atoms with E-state index >= 15 is 0 Å². The summed E-state index contributed by atoms with van der Waals surface area (Å²) >= 11 is 0. The summed E-state index contributed by atoms with van der Waals surface area (Å²) in [4.78, 5) is 16.7. The molecule has 1 fully saturated rings. The third-order valence-electron chi connectivity index (χ3n) is 3.68. The minimum absolute atomic E-state index is 0.0471. The van der Waals surface area contributed by atoms with Gasteiger partial charge >= 0.3 is 0 Å². The zero-order chi connectivity index (χ0) is 14.4. The van der Waals surface area contributed by atoms with E-state index in [0.717, 1.165) is 38.8 Å². The molecule has 4 heteroatoms. The largest absolute Gasteiger partial charge is 0.325 e. The number of rotatable bonds is 8. The van der Waals surface area contributed by atoms with Crippen molar-refractivity contribution in [1.29, 1.82) is 0 Å². The van der Waals surface area contributed by atoms with Gasteiger partial charge in [-0.3, -0.25) is 10.1 Å². The van der Waals surface area contributed by atoms with Crippen molar-refractivity contribution in [2.45, 2.75) is 58.7 Å².